The summed E-state index contributed by atoms with van der Waals surface area (Å²) >= 11 is 0. The lowest BCUT2D eigenvalue weighted by atomic mass is 10.2. The fourth-order valence-electron chi connectivity index (χ4n) is 1.67. The second kappa shape index (κ2) is 8.47. The number of hydrogen-bond acceptors (Lipinski definition) is 4. The Morgan fingerprint density at radius 1 is 1.35 bits per heavy atom. The average molecular weight is 287 g/mol. The van der Waals surface area contributed by atoms with E-state index in [0.29, 0.717) is 19.6 Å². The number of halogens is 2. The largest absolute Gasteiger partial charge is 0.490 e. The number of esters is 1. The molecule has 0 amide bonds. The summed E-state index contributed by atoms with van der Waals surface area (Å²) in [7, 11) is 0. The Morgan fingerprint density at radius 2 is 2.10 bits per heavy atom. The number of benzene rings is 1. The average Bonchev–Trinajstić information content (AvgIpc) is 2.42. The SMILES string of the molecule is CCNC(CCOc1cc(F)ccc1F)C(=O)OCC. The molecule has 1 N–H and O–H groups in total. The molecular formula is C14H19F2NO3. The van der Waals surface area contributed by atoms with Crippen LogP contribution in [-0.4, -0.2) is 31.8 Å². The van der Waals surface area contributed by atoms with Crippen molar-refractivity contribution in [2.75, 3.05) is 19.8 Å². The molecule has 0 radical (unpaired) electrons. The maximum absolute atomic E-state index is 13.3. The van der Waals surface area contributed by atoms with Crippen LogP contribution >= 0.6 is 0 Å². The number of likely N-dealkylation sites (N-methyl/N-ethyl adjacent to an activating group) is 1. The number of carbonyl (C=O) groups excluding carboxylic acids is 1. The predicted octanol–water partition coefficient (Wildman–Crippen LogP) is 2.27. The molecule has 6 heteroatoms. The third kappa shape index (κ3) is 5.13. The van der Waals surface area contributed by atoms with Gasteiger partial charge in [-0.3, -0.25) is 4.79 Å². The van der Waals surface area contributed by atoms with Gasteiger partial charge in [0.25, 0.3) is 0 Å². The molecule has 1 unspecified atom stereocenters. The van der Waals surface area contributed by atoms with Gasteiger partial charge in [0, 0.05) is 12.5 Å². The van der Waals surface area contributed by atoms with Crippen molar-refractivity contribution in [3.05, 3.63) is 29.8 Å². The van der Waals surface area contributed by atoms with Crippen molar-refractivity contribution in [2.24, 2.45) is 0 Å². The van der Waals surface area contributed by atoms with Crippen molar-refractivity contribution in [3.63, 3.8) is 0 Å². The van der Waals surface area contributed by atoms with Gasteiger partial charge in [-0.1, -0.05) is 6.92 Å². The van der Waals surface area contributed by atoms with E-state index in [-0.39, 0.29) is 18.3 Å². The highest BCUT2D eigenvalue weighted by molar-refractivity contribution is 5.75. The van der Waals surface area contributed by atoms with Crippen molar-refractivity contribution in [3.8, 4) is 5.75 Å². The van der Waals surface area contributed by atoms with E-state index in [1.54, 1.807) is 6.92 Å². The lowest BCUT2D eigenvalue weighted by Gasteiger charge is -2.16. The number of nitrogens with one attached hydrogen (secondary N) is 1. The van der Waals surface area contributed by atoms with Gasteiger partial charge in [-0.2, -0.15) is 0 Å². The molecule has 1 aromatic carbocycles. The van der Waals surface area contributed by atoms with E-state index in [1.165, 1.54) is 0 Å². The molecule has 0 aliphatic rings. The van der Waals surface area contributed by atoms with E-state index in [0.717, 1.165) is 18.2 Å². The third-order valence-corrected chi connectivity index (χ3v) is 2.58. The smallest absolute Gasteiger partial charge is 0.323 e. The van der Waals surface area contributed by atoms with Crippen LogP contribution in [0.25, 0.3) is 0 Å². The van der Waals surface area contributed by atoms with Crippen LogP contribution in [0, 0.1) is 11.6 Å². The highest BCUT2D eigenvalue weighted by Gasteiger charge is 2.18. The third-order valence-electron chi connectivity index (χ3n) is 2.58. The van der Waals surface area contributed by atoms with Gasteiger partial charge in [-0.05, 0) is 25.6 Å². The van der Waals surface area contributed by atoms with Gasteiger partial charge < -0.3 is 14.8 Å². The van der Waals surface area contributed by atoms with Gasteiger partial charge in [-0.25, -0.2) is 8.78 Å². The molecule has 112 valence electrons. The first-order valence-electron chi connectivity index (χ1n) is 6.56. The second-order valence-corrected chi connectivity index (χ2v) is 4.07. The van der Waals surface area contributed by atoms with Crippen LogP contribution in [0.1, 0.15) is 20.3 Å². The minimum absolute atomic E-state index is 0.0802. The Labute approximate surface area is 117 Å². The number of ether oxygens (including phenoxy) is 2. The quantitative estimate of drug-likeness (QED) is 0.745. The maximum atomic E-state index is 13.3. The maximum Gasteiger partial charge on any atom is 0.323 e. The summed E-state index contributed by atoms with van der Waals surface area (Å²) in [5.41, 5.74) is 0. The summed E-state index contributed by atoms with van der Waals surface area (Å²) in [6, 6.07) is 2.47. The Morgan fingerprint density at radius 3 is 2.75 bits per heavy atom. The molecule has 0 aliphatic carbocycles. The Kier molecular flexibility index (Phi) is 6.93. The van der Waals surface area contributed by atoms with Crippen LogP contribution in [0.5, 0.6) is 5.75 Å². The molecule has 1 rings (SSSR count). The van der Waals surface area contributed by atoms with E-state index in [2.05, 4.69) is 5.32 Å². The highest BCUT2D eigenvalue weighted by Crippen LogP contribution is 2.18. The summed E-state index contributed by atoms with van der Waals surface area (Å²) in [4.78, 5) is 11.6. The van der Waals surface area contributed by atoms with Crippen LogP contribution in [0.4, 0.5) is 8.78 Å². The van der Waals surface area contributed by atoms with E-state index >= 15 is 0 Å². The molecule has 1 atom stereocenters. The minimum Gasteiger partial charge on any atom is -0.490 e. The summed E-state index contributed by atoms with van der Waals surface area (Å²) in [6.45, 7) is 4.55. The summed E-state index contributed by atoms with van der Waals surface area (Å²) < 4.78 is 36.3. The molecule has 0 bridgehead atoms. The minimum atomic E-state index is -0.637. The van der Waals surface area contributed by atoms with E-state index < -0.39 is 17.7 Å². The molecule has 20 heavy (non-hydrogen) atoms. The lowest BCUT2D eigenvalue weighted by Crippen LogP contribution is -2.39. The van der Waals surface area contributed by atoms with E-state index in [9.17, 15) is 13.6 Å². The molecule has 4 nitrogen and oxygen atoms in total. The molecule has 0 aromatic heterocycles. The van der Waals surface area contributed by atoms with Gasteiger partial charge >= 0.3 is 5.97 Å². The summed E-state index contributed by atoms with van der Waals surface area (Å²) in [5, 5.41) is 2.96. The molecular weight excluding hydrogens is 268 g/mol. The van der Waals surface area contributed by atoms with Gasteiger partial charge in [0.2, 0.25) is 0 Å². The van der Waals surface area contributed by atoms with Crippen LogP contribution in [0.2, 0.25) is 0 Å². The summed E-state index contributed by atoms with van der Waals surface area (Å²) in [5.74, 6) is -1.75. The van der Waals surface area contributed by atoms with Gasteiger partial charge in [0.05, 0.1) is 13.2 Å². The van der Waals surface area contributed by atoms with Crippen molar-refractivity contribution in [2.45, 2.75) is 26.3 Å². The second-order valence-electron chi connectivity index (χ2n) is 4.07. The van der Waals surface area contributed by atoms with E-state index in [4.69, 9.17) is 9.47 Å². The molecule has 0 spiro atoms. The standard InChI is InChI=1S/C14H19F2NO3/c1-3-17-12(14(18)19-4-2)7-8-20-13-9-10(15)5-6-11(13)16/h5-6,9,12,17H,3-4,7-8H2,1-2H3. The van der Waals surface area contributed by atoms with E-state index in [1.807, 2.05) is 6.92 Å². The molecule has 1 aromatic rings. The zero-order valence-corrected chi connectivity index (χ0v) is 11.6. The fraction of sp³-hybridized carbons (Fsp3) is 0.500. The first kappa shape index (κ1) is 16.4. The van der Waals surface area contributed by atoms with Crippen molar-refractivity contribution < 1.29 is 23.0 Å². The number of hydrogen-bond donors (Lipinski definition) is 1. The Hall–Kier alpha value is -1.69. The van der Waals surface area contributed by atoms with Crippen LogP contribution in [0.15, 0.2) is 18.2 Å². The van der Waals surface area contributed by atoms with Crippen LogP contribution in [-0.2, 0) is 9.53 Å². The Bertz CT molecular complexity index is 440. The van der Waals surface area contributed by atoms with Crippen LogP contribution < -0.4 is 10.1 Å². The number of carbonyl (C=O) groups is 1. The number of rotatable bonds is 8. The van der Waals surface area contributed by atoms with Crippen molar-refractivity contribution in [1.29, 1.82) is 0 Å². The monoisotopic (exact) mass is 287 g/mol. The molecule has 0 fully saturated rings. The highest BCUT2D eigenvalue weighted by atomic mass is 19.1. The van der Waals surface area contributed by atoms with Gasteiger partial charge in [-0.15, -0.1) is 0 Å². The predicted molar refractivity (Wildman–Crippen MR) is 70.6 cm³/mol. The molecule has 0 saturated heterocycles. The topological polar surface area (TPSA) is 47.6 Å². The normalized spacial score (nSPS) is 12.0. The summed E-state index contributed by atoms with van der Waals surface area (Å²) in [6.07, 6.45) is 0.308. The van der Waals surface area contributed by atoms with Crippen molar-refractivity contribution in [1.82, 2.24) is 5.32 Å². The van der Waals surface area contributed by atoms with Crippen LogP contribution in [0.3, 0.4) is 0 Å². The Balaban J connectivity index is 2.51. The molecule has 0 aliphatic heterocycles. The zero-order chi connectivity index (χ0) is 15.0. The fourth-order valence-corrected chi connectivity index (χ4v) is 1.67. The molecule has 0 heterocycles. The van der Waals surface area contributed by atoms with Gasteiger partial charge in [0.1, 0.15) is 11.9 Å². The molecule has 0 saturated carbocycles. The first-order chi connectivity index (χ1) is 9.58. The zero-order valence-electron chi connectivity index (χ0n) is 11.6. The van der Waals surface area contributed by atoms with Gasteiger partial charge in [0.15, 0.2) is 11.6 Å². The lowest BCUT2D eigenvalue weighted by molar-refractivity contribution is -0.146. The first-order valence-corrected chi connectivity index (χ1v) is 6.56. The van der Waals surface area contributed by atoms with Crippen molar-refractivity contribution >= 4 is 5.97 Å².